The average Bonchev–Trinajstić information content (AvgIpc) is 3.65. The minimum atomic E-state index is -3.41. The van der Waals surface area contributed by atoms with Crippen molar-refractivity contribution in [1.82, 2.24) is 29.9 Å². The summed E-state index contributed by atoms with van der Waals surface area (Å²) in [6.45, 7) is 12.2. The van der Waals surface area contributed by atoms with Gasteiger partial charge in [0, 0.05) is 37.3 Å². The molecule has 272 valence electrons. The molecule has 0 saturated carbocycles. The van der Waals surface area contributed by atoms with Crippen molar-refractivity contribution < 1.29 is 35.3 Å². The van der Waals surface area contributed by atoms with Crippen molar-refractivity contribution in [1.29, 1.82) is 0 Å². The van der Waals surface area contributed by atoms with Gasteiger partial charge in [-0.1, -0.05) is 0 Å². The van der Waals surface area contributed by atoms with Crippen molar-refractivity contribution in [3.63, 3.8) is 0 Å². The van der Waals surface area contributed by atoms with Crippen molar-refractivity contribution in [3.05, 3.63) is 45.1 Å². The molecule has 2 aromatic heterocycles. The van der Waals surface area contributed by atoms with Gasteiger partial charge in [0.1, 0.15) is 0 Å². The Morgan fingerprint density at radius 1 is 0.688 bits per heavy atom. The van der Waals surface area contributed by atoms with E-state index in [1.807, 2.05) is 0 Å². The smallest absolute Gasteiger partial charge is 0.287 e. The Morgan fingerprint density at radius 3 is 1.29 bits per heavy atom. The summed E-state index contributed by atoms with van der Waals surface area (Å²) in [5.41, 5.74) is 0. The maximum absolute atomic E-state index is 12.1. The molecule has 0 aliphatic carbocycles. The molecule has 4 N–H and O–H groups in total. The second-order valence-electron chi connectivity index (χ2n) is 12.4. The van der Waals surface area contributed by atoms with E-state index in [4.69, 9.17) is 8.83 Å². The number of nitrogens with zero attached hydrogens (tertiary/aromatic N) is 2. The molecule has 2 aromatic rings. The minimum absolute atomic E-state index is 0.0262. The van der Waals surface area contributed by atoms with Crippen LogP contribution >= 0.6 is 31.9 Å². The molecule has 4 rings (SSSR count). The molecule has 2 aliphatic heterocycles. The molecule has 14 nitrogen and oxygen atoms in total. The summed E-state index contributed by atoms with van der Waals surface area (Å²) >= 11 is 6.23. The van der Waals surface area contributed by atoms with Crippen LogP contribution in [0.5, 0.6) is 0 Å². The number of sulfonamides is 2. The number of halogens is 2. The number of likely N-dealkylation sites (tertiary alicyclic amines) is 2. The lowest BCUT2D eigenvalue weighted by atomic mass is 10.1. The number of rotatable bonds is 14. The summed E-state index contributed by atoms with van der Waals surface area (Å²) in [6.07, 6.45) is 3.24. The van der Waals surface area contributed by atoms with Crippen LogP contribution in [0.25, 0.3) is 0 Å². The summed E-state index contributed by atoms with van der Waals surface area (Å²) in [4.78, 5) is 28.3. The van der Waals surface area contributed by atoms with Gasteiger partial charge in [0.15, 0.2) is 20.9 Å². The van der Waals surface area contributed by atoms with Gasteiger partial charge >= 0.3 is 0 Å². The quantitative estimate of drug-likeness (QED) is 0.221. The standard InChI is InChI=1S/2C15H24BrN3O4S/c2*1-11(2)19-8-5-12(6-9-19)18-24(21,22)10-7-17-15(20)13-3-4-14(16)23-13/h2*3-4,11-12,18H,5-10H2,1-2H3,(H,17,20). The summed E-state index contributed by atoms with van der Waals surface area (Å²) in [6, 6.07) is 7.18. The zero-order valence-corrected chi connectivity index (χ0v) is 32.6. The largest absolute Gasteiger partial charge is 0.444 e. The Bertz CT molecular complexity index is 1420. The minimum Gasteiger partial charge on any atom is -0.444 e. The fourth-order valence-electron chi connectivity index (χ4n) is 5.34. The lowest BCUT2D eigenvalue weighted by Gasteiger charge is -2.34. The first-order chi connectivity index (χ1) is 22.5. The van der Waals surface area contributed by atoms with Crippen LogP contribution in [0.3, 0.4) is 0 Å². The Hall–Kier alpha value is -1.80. The van der Waals surface area contributed by atoms with Crippen LogP contribution in [0.15, 0.2) is 42.4 Å². The predicted octanol–water partition coefficient (Wildman–Crippen LogP) is 3.13. The normalized spacial score (nSPS) is 17.3. The number of furan rings is 2. The lowest BCUT2D eigenvalue weighted by Crippen LogP contribution is -2.47. The van der Waals surface area contributed by atoms with E-state index >= 15 is 0 Å². The number of carbonyl (C=O) groups excluding carboxylic acids is 2. The Morgan fingerprint density at radius 2 is 1.02 bits per heavy atom. The summed E-state index contributed by atoms with van der Waals surface area (Å²) in [7, 11) is -6.83. The van der Waals surface area contributed by atoms with Crippen molar-refractivity contribution in [2.24, 2.45) is 0 Å². The molecule has 0 atom stereocenters. The van der Waals surface area contributed by atoms with Gasteiger partial charge in [0.2, 0.25) is 20.0 Å². The van der Waals surface area contributed by atoms with Gasteiger partial charge in [-0.05, 0) is 136 Å². The Labute approximate surface area is 300 Å². The third-order valence-electron chi connectivity index (χ3n) is 8.12. The van der Waals surface area contributed by atoms with Crippen LogP contribution in [-0.2, 0) is 20.0 Å². The van der Waals surface area contributed by atoms with E-state index in [1.54, 1.807) is 12.1 Å². The molecular formula is C30H48Br2N6O8S2. The molecule has 48 heavy (non-hydrogen) atoms. The van der Waals surface area contributed by atoms with E-state index in [1.165, 1.54) is 12.1 Å². The zero-order valence-electron chi connectivity index (χ0n) is 27.8. The SMILES string of the molecule is CC(C)N1CCC(NS(=O)(=O)CCNC(=O)c2ccc(Br)o2)CC1.CC(C)N1CCC(NS(=O)(=O)CCNC(=O)c2ccc(Br)o2)CC1. The second-order valence-corrected chi connectivity index (χ2v) is 17.7. The first-order valence-corrected chi connectivity index (χ1v) is 21.0. The maximum Gasteiger partial charge on any atom is 0.287 e. The van der Waals surface area contributed by atoms with E-state index in [0.29, 0.717) is 21.4 Å². The fraction of sp³-hybridized carbons (Fsp3) is 0.667. The highest BCUT2D eigenvalue weighted by Gasteiger charge is 2.26. The second kappa shape index (κ2) is 19.0. The fourth-order valence-corrected chi connectivity index (χ4v) is 8.42. The number of amides is 2. The number of piperidine rings is 2. The molecule has 0 aromatic carbocycles. The predicted molar refractivity (Wildman–Crippen MR) is 191 cm³/mol. The number of carbonyl (C=O) groups is 2. The van der Waals surface area contributed by atoms with Crippen LogP contribution in [0, 0.1) is 0 Å². The topological polar surface area (TPSA) is 183 Å². The van der Waals surface area contributed by atoms with Gasteiger partial charge < -0.3 is 29.3 Å². The van der Waals surface area contributed by atoms with Gasteiger partial charge in [-0.25, -0.2) is 26.3 Å². The highest BCUT2D eigenvalue weighted by molar-refractivity contribution is 9.10. The molecule has 18 heteroatoms. The van der Waals surface area contributed by atoms with Crippen molar-refractivity contribution in [3.8, 4) is 0 Å². The molecule has 2 fully saturated rings. The monoisotopic (exact) mass is 842 g/mol. The van der Waals surface area contributed by atoms with E-state index in [-0.39, 0.29) is 48.2 Å². The molecule has 0 bridgehead atoms. The highest BCUT2D eigenvalue weighted by Crippen LogP contribution is 2.16. The first kappa shape index (κ1) is 40.6. The van der Waals surface area contributed by atoms with Crippen LogP contribution in [0.2, 0.25) is 0 Å². The van der Waals surface area contributed by atoms with Gasteiger partial charge in [-0.2, -0.15) is 0 Å². The van der Waals surface area contributed by atoms with Crippen molar-refractivity contribution in [2.75, 3.05) is 50.8 Å². The molecular weight excluding hydrogens is 796 g/mol. The summed E-state index contributed by atoms with van der Waals surface area (Å²) in [5, 5.41) is 5.09. The van der Waals surface area contributed by atoms with E-state index < -0.39 is 31.9 Å². The van der Waals surface area contributed by atoms with Gasteiger partial charge in [0.25, 0.3) is 11.8 Å². The molecule has 0 unspecified atom stereocenters. The van der Waals surface area contributed by atoms with Gasteiger partial charge in [-0.3, -0.25) is 9.59 Å². The van der Waals surface area contributed by atoms with E-state index in [2.05, 4.69) is 89.4 Å². The van der Waals surface area contributed by atoms with Gasteiger partial charge in [-0.15, -0.1) is 0 Å². The molecule has 4 heterocycles. The van der Waals surface area contributed by atoms with Crippen LogP contribution < -0.4 is 20.1 Å². The molecule has 2 saturated heterocycles. The maximum atomic E-state index is 12.1. The zero-order chi connectivity index (χ0) is 35.5. The Kier molecular flexibility index (Phi) is 16.1. The van der Waals surface area contributed by atoms with Crippen LogP contribution in [0.4, 0.5) is 0 Å². The molecule has 2 aliphatic rings. The molecule has 2 amide bonds. The van der Waals surface area contributed by atoms with Gasteiger partial charge in [0.05, 0.1) is 11.5 Å². The van der Waals surface area contributed by atoms with E-state index in [9.17, 15) is 26.4 Å². The average molecular weight is 845 g/mol. The third kappa shape index (κ3) is 14.2. The van der Waals surface area contributed by atoms with Crippen LogP contribution in [0.1, 0.15) is 74.5 Å². The number of hydrogen-bond donors (Lipinski definition) is 4. The lowest BCUT2D eigenvalue weighted by molar-refractivity contribution is 0.0919. The van der Waals surface area contributed by atoms with Crippen molar-refractivity contribution in [2.45, 2.75) is 77.5 Å². The van der Waals surface area contributed by atoms with Crippen LogP contribution in [-0.4, -0.2) is 113 Å². The molecule has 0 spiro atoms. The number of hydrogen-bond acceptors (Lipinski definition) is 10. The van der Waals surface area contributed by atoms with Crippen molar-refractivity contribution >= 4 is 63.7 Å². The summed E-state index contributed by atoms with van der Waals surface area (Å²) in [5.74, 6) is -0.861. The number of nitrogens with one attached hydrogen (secondary N) is 4. The molecule has 0 radical (unpaired) electrons. The van der Waals surface area contributed by atoms with E-state index in [0.717, 1.165) is 51.9 Å². The first-order valence-electron chi connectivity index (χ1n) is 16.1. The third-order valence-corrected chi connectivity index (χ3v) is 11.8. The Balaban J connectivity index is 0.000000260. The highest BCUT2D eigenvalue weighted by atomic mass is 79.9. The summed E-state index contributed by atoms with van der Waals surface area (Å²) < 4.78 is 65.1.